The number of nitrogens with zero attached hydrogens (tertiary/aromatic N) is 8. The number of rotatable bonds is 14. The van der Waals surface area contributed by atoms with Crippen LogP contribution in [-0.2, 0) is 36.1 Å². The monoisotopic (exact) mass is 879 g/mol. The molecule has 0 radical (unpaired) electrons. The van der Waals surface area contributed by atoms with E-state index in [0.29, 0.717) is 81.8 Å². The van der Waals surface area contributed by atoms with Gasteiger partial charge in [-0.1, -0.05) is 66.7 Å². The predicted molar refractivity (Wildman–Crippen MR) is 233 cm³/mol. The van der Waals surface area contributed by atoms with Crippen LogP contribution in [0, 0.1) is 0 Å². The van der Waals surface area contributed by atoms with E-state index in [0.717, 1.165) is 11.4 Å². The Labute approximate surface area is 357 Å². The summed E-state index contributed by atoms with van der Waals surface area (Å²) in [5, 5.41) is 9.37. The second kappa shape index (κ2) is 18.6. The first-order chi connectivity index (χ1) is 29.9. The lowest BCUT2D eigenvalue weighted by molar-refractivity contribution is 0.122. The van der Waals surface area contributed by atoms with Gasteiger partial charge in [-0.05, 0) is 59.2 Å². The molecule has 8 rings (SSSR count). The fourth-order valence-corrected chi connectivity index (χ4v) is 8.09. The van der Waals surface area contributed by atoms with E-state index >= 15 is 0 Å². The van der Waals surface area contributed by atoms with Crippen molar-refractivity contribution in [3.63, 3.8) is 0 Å². The third kappa shape index (κ3) is 10.8. The van der Waals surface area contributed by atoms with Crippen LogP contribution in [-0.4, -0.2) is 108 Å². The van der Waals surface area contributed by atoms with E-state index in [-0.39, 0.29) is 35.1 Å². The molecular weight excluding hydrogens is 839 g/mol. The Hall–Kier alpha value is -6.62. The maximum Gasteiger partial charge on any atom is 0.295 e. The van der Waals surface area contributed by atoms with Gasteiger partial charge in [0.05, 0.1) is 26.4 Å². The molecule has 0 saturated carbocycles. The Morgan fingerprint density at radius 1 is 0.532 bits per heavy atom. The molecule has 19 nitrogen and oxygen atoms in total. The highest BCUT2D eigenvalue weighted by molar-refractivity contribution is 7.86. The average molecular weight is 880 g/mol. The second-order valence-corrected chi connectivity index (χ2v) is 16.8. The van der Waals surface area contributed by atoms with Gasteiger partial charge >= 0.3 is 0 Å². The molecule has 0 atom stereocenters. The summed E-state index contributed by atoms with van der Waals surface area (Å²) in [5.41, 5.74) is 2.26. The summed E-state index contributed by atoms with van der Waals surface area (Å²) < 4.78 is 82.6. The smallest absolute Gasteiger partial charge is 0.295 e. The average Bonchev–Trinajstić information content (AvgIpc) is 3.27. The van der Waals surface area contributed by atoms with Crippen LogP contribution in [0.2, 0.25) is 0 Å². The minimum atomic E-state index is -4.82. The second-order valence-electron chi connectivity index (χ2n) is 14.0. The maximum absolute atomic E-state index is 12.8. The minimum absolute atomic E-state index is 0.0266. The molecule has 2 fully saturated rings. The SMILES string of the molecule is O=S(=O)(O)c1cc(Cc2nc(Nc3ccccc3)nc(N3CCOCC3)n2)ccc1/C=C/c1ccc(Nc2nc(Nc3ccccc3)nc(N3CCOCC3)n2)cc1S(=O)(=O)O. The van der Waals surface area contributed by atoms with Gasteiger partial charge in [-0.25, -0.2) is 0 Å². The van der Waals surface area contributed by atoms with Crippen molar-refractivity contribution in [2.75, 3.05) is 78.4 Å². The number of aromatic nitrogens is 6. The number of hydrogen-bond donors (Lipinski definition) is 5. The van der Waals surface area contributed by atoms with Gasteiger partial charge in [-0.3, -0.25) is 9.11 Å². The third-order valence-electron chi connectivity index (χ3n) is 9.65. The van der Waals surface area contributed by atoms with E-state index in [9.17, 15) is 25.9 Å². The van der Waals surface area contributed by atoms with Crippen LogP contribution in [0.1, 0.15) is 22.5 Å². The van der Waals surface area contributed by atoms with Gasteiger partial charge in [0.2, 0.25) is 29.7 Å². The Kier molecular flexibility index (Phi) is 12.6. The molecule has 2 aliphatic rings. The molecular formula is C41H41N11O8S2. The Balaban J connectivity index is 1.06. The molecule has 0 amide bonds. The van der Waals surface area contributed by atoms with Crippen molar-refractivity contribution in [3.05, 3.63) is 120 Å². The summed E-state index contributed by atoms with van der Waals surface area (Å²) in [6.07, 6.45) is 2.73. The number of para-hydroxylation sites is 2. The number of hydrogen-bond acceptors (Lipinski definition) is 17. The number of benzene rings is 4. The standard InChI is InChI=1S/C41H41N11O8S2/c53-61(54,55)34-25-28(26-36-45-37(42-31-7-3-1-4-8-31)48-40(46-36)51-17-21-59-22-18-51)11-12-29(34)13-14-30-15-16-33(27-35(30)62(56,57)58)44-39-47-38(43-32-9-5-2-6-10-32)49-41(50-39)52-19-23-60-24-20-52/h1-16,25,27H,17-24,26H2,(H,53,54,55)(H,56,57,58)(H,42,45,46,48)(H2,43,44,47,49,50)/b14-13+. The molecule has 2 saturated heterocycles. The molecule has 2 aliphatic heterocycles. The largest absolute Gasteiger partial charge is 0.378 e. The first-order valence-corrected chi connectivity index (χ1v) is 22.3. The molecule has 0 unspecified atom stereocenters. The lowest BCUT2D eigenvalue weighted by Crippen LogP contribution is -2.37. The quantitative estimate of drug-likeness (QED) is 0.0695. The molecule has 320 valence electrons. The molecule has 62 heavy (non-hydrogen) atoms. The van der Waals surface area contributed by atoms with Crippen molar-refractivity contribution in [1.82, 2.24) is 29.9 Å². The summed E-state index contributed by atoms with van der Waals surface area (Å²) in [7, 11) is -9.62. The summed E-state index contributed by atoms with van der Waals surface area (Å²) in [6, 6.07) is 27.3. The highest BCUT2D eigenvalue weighted by Gasteiger charge is 2.22. The lowest BCUT2D eigenvalue weighted by Gasteiger charge is -2.27. The van der Waals surface area contributed by atoms with Crippen molar-refractivity contribution in [3.8, 4) is 0 Å². The van der Waals surface area contributed by atoms with E-state index in [1.165, 1.54) is 36.4 Å². The van der Waals surface area contributed by atoms with Crippen LogP contribution in [0.25, 0.3) is 12.2 Å². The molecule has 0 bridgehead atoms. The van der Waals surface area contributed by atoms with Gasteiger partial charge in [0.25, 0.3) is 20.2 Å². The van der Waals surface area contributed by atoms with Crippen molar-refractivity contribution >= 4 is 79.2 Å². The van der Waals surface area contributed by atoms with Gasteiger partial charge in [0.1, 0.15) is 15.6 Å². The van der Waals surface area contributed by atoms with Crippen LogP contribution in [0.3, 0.4) is 0 Å². The molecule has 0 aliphatic carbocycles. The molecule has 5 N–H and O–H groups in total. The van der Waals surface area contributed by atoms with E-state index in [1.807, 2.05) is 70.5 Å². The zero-order valence-electron chi connectivity index (χ0n) is 33.0. The number of nitrogens with one attached hydrogen (secondary N) is 3. The van der Waals surface area contributed by atoms with E-state index < -0.39 is 30.0 Å². The molecule has 4 aromatic carbocycles. The number of anilines is 8. The highest BCUT2D eigenvalue weighted by atomic mass is 32.2. The number of morpholine rings is 2. The first-order valence-electron chi connectivity index (χ1n) is 19.4. The summed E-state index contributed by atoms with van der Waals surface area (Å²) in [5.74, 6) is 1.77. The van der Waals surface area contributed by atoms with E-state index in [2.05, 4.69) is 45.9 Å². The van der Waals surface area contributed by atoms with Crippen LogP contribution in [0.4, 0.5) is 46.8 Å². The first kappa shape index (κ1) is 42.1. The van der Waals surface area contributed by atoms with Gasteiger partial charge < -0.3 is 35.2 Å². The Bertz CT molecular complexity index is 2600. The Morgan fingerprint density at radius 3 is 1.50 bits per heavy atom. The number of ether oxygens (including phenoxy) is 2. The van der Waals surface area contributed by atoms with Crippen molar-refractivity contribution in [2.24, 2.45) is 0 Å². The van der Waals surface area contributed by atoms with E-state index in [4.69, 9.17) is 9.47 Å². The normalized spacial score (nSPS) is 14.8. The van der Waals surface area contributed by atoms with Gasteiger partial charge in [-0.15, -0.1) is 0 Å². The van der Waals surface area contributed by atoms with Crippen LogP contribution in [0.5, 0.6) is 0 Å². The topological polar surface area (TPSA) is 247 Å². The summed E-state index contributed by atoms with van der Waals surface area (Å²) in [4.78, 5) is 30.5. The minimum Gasteiger partial charge on any atom is -0.378 e. The summed E-state index contributed by atoms with van der Waals surface area (Å²) >= 11 is 0. The van der Waals surface area contributed by atoms with Crippen molar-refractivity contribution in [1.29, 1.82) is 0 Å². The van der Waals surface area contributed by atoms with Crippen LogP contribution < -0.4 is 25.8 Å². The zero-order chi connectivity index (χ0) is 43.1. The molecule has 0 spiro atoms. The van der Waals surface area contributed by atoms with Crippen molar-refractivity contribution in [2.45, 2.75) is 16.2 Å². The summed E-state index contributed by atoms with van der Waals surface area (Å²) in [6.45, 7) is 4.24. The zero-order valence-corrected chi connectivity index (χ0v) is 34.6. The highest BCUT2D eigenvalue weighted by Crippen LogP contribution is 2.28. The lowest BCUT2D eigenvalue weighted by atomic mass is 10.1. The van der Waals surface area contributed by atoms with Gasteiger partial charge in [0.15, 0.2) is 0 Å². The predicted octanol–water partition coefficient (Wildman–Crippen LogP) is 5.22. The van der Waals surface area contributed by atoms with Crippen molar-refractivity contribution < 1.29 is 35.4 Å². The van der Waals surface area contributed by atoms with E-state index in [1.54, 1.807) is 12.1 Å². The Morgan fingerprint density at radius 2 is 0.984 bits per heavy atom. The third-order valence-corrected chi connectivity index (χ3v) is 11.5. The molecule has 21 heteroatoms. The fraction of sp³-hybridized carbons (Fsp3) is 0.220. The fourth-order valence-electron chi connectivity index (χ4n) is 6.64. The molecule has 6 aromatic rings. The van der Waals surface area contributed by atoms with Gasteiger partial charge in [-0.2, -0.15) is 46.7 Å². The molecule has 2 aromatic heterocycles. The molecule has 4 heterocycles. The van der Waals surface area contributed by atoms with Crippen LogP contribution in [0.15, 0.2) is 107 Å². The van der Waals surface area contributed by atoms with Crippen LogP contribution >= 0.6 is 0 Å². The van der Waals surface area contributed by atoms with Gasteiger partial charge in [0, 0.05) is 49.7 Å². The maximum atomic E-state index is 12.8.